The summed E-state index contributed by atoms with van der Waals surface area (Å²) in [5.74, 6) is 0.798. The van der Waals surface area contributed by atoms with Gasteiger partial charge in [-0.1, -0.05) is 96.8 Å². The van der Waals surface area contributed by atoms with Crippen LogP contribution in [0.3, 0.4) is 0 Å². The van der Waals surface area contributed by atoms with Crippen molar-refractivity contribution in [3.8, 4) is 0 Å². The van der Waals surface area contributed by atoms with Crippen LogP contribution < -0.4 is 0 Å². The molecule has 0 radical (unpaired) electrons. The molecule has 1 aliphatic rings. The zero-order chi connectivity index (χ0) is 25.5. The summed E-state index contributed by atoms with van der Waals surface area (Å²) in [6.45, 7) is 2.36. The van der Waals surface area contributed by atoms with Crippen LogP contribution in [0.25, 0.3) is 0 Å². The van der Waals surface area contributed by atoms with E-state index in [9.17, 15) is 19.5 Å². The van der Waals surface area contributed by atoms with Crippen molar-refractivity contribution in [3.05, 3.63) is 0 Å². The SMILES string of the molecule is CCCCCCCCCCCCCCCCSC1CCCC(C(O)(C[N+](C)(C)C)P(=O)(O)O)C1. The topological polar surface area (TPSA) is 77.8 Å². The lowest BCUT2D eigenvalue weighted by Crippen LogP contribution is -2.54. The molecule has 3 N–H and O–H groups in total. The largest absolute Gasteiger partial charge is 0.373 e. The van der Waals surface area contributed by atoms with Gasteiger partial charge in [-0.2, -0.15) is 11.8 Å². The number of hydrogen-bond acceptors (Lipinski definition) is 3. The molecule has 204 valence electrons. The first kappa shape index (κ1) is 32.4. The van der Waals surface area contributed by atoms with E-state index in [1.54, 1.807) is 0 Å². The Labute approximate surface area is 215 Å². The second kappa shape index (κ2) is 17.0. The maximum Gasteiger partial charge on any atom is 0.363 e. The van der Waals surface area contributed by atoms with E-state index in [1.165, 1.54) is 89.9 Å². The molecule has 3 unspecified atom stereocenters. The zero-order valence-corrected chi connectivity index (χ0v) is 24.6. The molecule has 0 aromatic heterocycles. The first-order valence-electron chi connectivity index (χ1n) is 14.2. The van der Waals surface area contributed by atoms with Crippen LogP contribution in [0.4, 0.5) is 0 Å². The molecule has 34 heavy (non-hydrogen) atoms. The van der Waals surface area contributed by atoms with Gasteiger partial charge in [-0.05, 0) is 31.4 Å². The Hall–Kier alpha value is 0.420. The van der Waals surface area contributed by atoms with E-state index in [0.29, 0.717) is 22.6 Å². The van der Waals surface area contributed by atoms with Crippen molar-refractivity contribution >= 4 is 19.4 Å². The number of nitrogens with zero attached hydrogens (tertiary/aromatic N) is 1. The lowest BCUT2D eigenvalue weighted by Gasteiger charge is -2.43. The van der Waals surface area contributed by atoms with Gasteiger partial charge in [0.15, 0.2) is 0 Å². The minimum Gasteiger partial charge on any atom is -0.373 e. The van der Waals surface area contributed by atoms with E-state index in [0.717, 1.165) is 18.6 Å². The van der Waals surface area contributed by atoms with E-state index in [2.05, 4.69) is 6.92 Å². The number of aliphatic hydroxyl groups is 1. The molecule has 0 spiro atoms. The van der Waals surface area contributed by atoms with Crippen LogP contribution in [0.5, 0.6) is 0 Å². The van der Waals surface area contributed by atoms with Gasteiger partial charge in [-0.3, -0.25) is 4.57 Å². The molecule has 1 saturated carbocycles. The number of thioether (sulfide) groups is 1. The zero-order valence-electron chi connectivity index (χ0n) is 22.8. The van der Waals surface area contributed by atoms with E-state index in [4.69, 9.17) is 0 Å². The van der Waals surface area contributed by atoms with Gasteiger partial charge in [0.05, 0.1) is 21.1 Å². The van der Waals surface area contributed by atoms with Gasteiger partial charge in [0.25, 0.3) is 0 Å². The Morgan fingerprint density at radius 1 is 0.824 bits per heavy atom. The molecule has 0 aliphatic heterocycles. The van der Waals surface area contributed by atoms with Gasteiger partial charge in [0.2, 0.25) is 5.34 Å². The normalized spacial score (nSPS) is 21.5. The summed E-state index contributed by atoms with van der Waals surface area (Å²) < 4.78 is 12.6. The minimum absolute atomic E-state index is 0.0816. The maximum absolute atomic E-state index is 12.3. The monoisotopic (exact) mass is 522 g/mol. The summed E-state index contributed by atoms with van der Waals surface area (Å²) in [4.78, 5) is 20.0. The smallest absolute Gasteiger partial charge is 0.363 e. The summed E-state index contributed by atoms with van der Waals surface area (Å²) in [6, 6.07) is 0. The number of unbranched alkanes of at least 4 members (excludes halogenated alkanes) is 13. The van der Waals surface area contributed by atoms with Crippen molar-refractivity contribution in [2.24, 2.45) is 5.92 Å². The molecular formula is C27H57NO4PS+. The predicted molar refractivity (Wildman–Crippen MR) is 148 cm³/mol. The van der Waals surface area contributed by atoms with Gasteiger partial charge in [0.1, 0.15) is 6.54 Å². The molecule has 0 heterocycles. The Morgan fingerprint density at radius 2 is 1.29 bits per heavy atom. The maximum atomic E-state index is 12.3. The van der Waals surface area contributed by atoms with Crippen LogP contribution in [0, 0.1) is 5.92 Å². The highest BCUT2D eigenvalue weighted by Crippen LogP contribution is 2.57. The molecular weight excluding hydrogens is 465 g/mol. The lowest BCUT2D eigenvalue weighted by molar-refractivity contribution is -0.875. The fourth-order valence-electron chi connectivity index (χ4n) is 5.42. The fourth-order valence-corrected chi connectivity index (χ4v) is 8.14. The highest BCUT2D eigenvalue weighted by molar-refractivity contribution is 7.99. The van der Waals surface area contributed by atoms with Gasteiger partial charge in [-0.25, -0.2) is 0 Å². The fraction of sp³-hybridized carbons (Fsp3) is 1.00. The third-order valence-electron chi connectivity index (χ3n) is 7.34. The van der Waals surface area contributed by atoms with E-state index >= 15 is 0 Å². The van der Waals surface area contributed by atoms with Gasteiger partial charge < -0.3 is 19.4 Å². The van der Waals surface area contributed by atoms with Crippen LogP contribution in [0.2, 0.25) is 0 Å². The lowest BCUT2D eigenvalue weighted by atomic mass is 9.84. The van der Waals surface area contributed by atoms with Gasteiger partial charge in [0, 0.05) is 11.2 Å². The van der Waals surface area contributed by atoms with Crippen LogP contribution >= 0.6 is 19.4 Å². The molecule has 5 nitrogen and oxygen atoms in total. The Bertz CT molecular complexity index is 565. The molecule has 0 aromatic carbocycles. The van der Waals surface area contributed by atoms with E-state index in [-0.39, 0.29) is 12.5 Å². The third kappa shape index (κ3) is 13.7. The minimum atomic E-state index is -4.61. The van der Waals surface area contributed by atoms with Crippen LogP contribution in [-0.4, -0.2) is 63.4 Å². The Balaban J connectivity index is 2.15. The molecule has 0 bridgehead atoms. The van der Waals surface area contributed by atoms with Crippen molar-refractivity contribution in [2.45, 2.75) is 133 Å². The third-order valence-corrected chi connectivity index (χ3v) is 10.3. The highest BCUT2D eigenvalue weighted by atomic mass is 32.2. The first-order valence-corrected chi connectivity index (χ1v) is 16.9. The summed E-state index contributed by atoms with van der Waals surface area (Å²) in [7, 11) is 1.03. The van der Waals surface area contributed by atoms with E-state index in [1.807, 2.05) is 32.9 Å². The molecule has 1 rings (SSSR count). The van der Waals surface area contributed by atoms with Crippen LogP contribution in [0.15, 0.2) is 0 Å². The van der Waals surface area contributed by atoms with Crippen molar-refractivity contribution in [3.63, 3.8) is 0 Å². The summed E-state index contributed by atoms with van der Waals surface area (Å²) in [5, 5.41) is 9.63. The molecule has 0 saturated heterocycles. The van der Waals surface area contributed by atoms with Crippen molar-refractivity contribution in [1.82, 2.24) is 0 Å². The standard InChI is InChI=1S/C27H56NO4PS/c1-5-6-7-8-9-10-11-12-13-14-15-16-17-18-22-34-26-21-19-20-25(23-26)27(29,33(30,31)32)24-28(2,3)4/h25-26,29H,5-24H2,1-4H3,(H-,30,31,32)/p+1. The molecule has 1 fully saturated rings. The molecule has 3 atom stereocenters. The first-order chi connectivity index (χ1) is 16.0. The van der Waals surface area contributed by atoms with Crippen LogP contribution in [-0.2, 0) is 4.57 Å². The average Bonchev–Trinajstić information content (AvgIpc) is 2.74. The number of rotatable bonds is 20. The number of likely N-dealkylation sites (N-methyl/N-ethyl adjacent to an activating group) is 1. The highest BCUT2D eigenvalue weighted by Gasteiger charge is 2.55. The molecule has 0 aromatic rings. The predicted octanol–water partition coefficient (Wildman–Crippen LogP) is 7.33. The van der Waals surface area contributed by atoms with Gasteiger partial charge >= 0.3 is 7.60 Å². The Kier molecular flexibility index (Phi) is 16.3. The second-order valence-corrected chi connectivity index (χ2v) is 15.1. The van der Waals surface area contributed by atoms with Crippen LogP contribution in [0.1, 0.15) is 122 Å². The molecule has 1 aliphatic carbocycles. The summed E-state index contributed by atoms with van der Waals surface area (Å²) >= 11 is 1.96. The number of quaternary nitrogens is 1. The van der Waals surface area contributed by atoms with Crippen molar-refractivity contribution in [1.29, 1.82) is 0 Å². The second-order valence-electron chi connectivity index (χ2n) is 11.8. The Morgan fingerprint density at radius 3 is 1.74 bits per heavy atom. The summed E-state index contributed by atoms with van der Waals surface area (Å²) in [6.07, 6.45) is 22.7. The van der Waals surface area contributed by atoms with Crippen molar-refractivity contribution < 1.29 is 23.9 Å². The van der Waals surface area contributed by atoms with Gasteiger partial charge in [-0.15, -0.1) is 0 Å². The summed E-state index contributed by atoms with van der Waals surface area (Å²) in [5.41, 5.74) is 0. The number of hydrogen-bond donors (Lipinski definition) is 3. The molecule has 0 amide bonds. The average molecular weight is 523 g/mol. The molecule has 7 heteroatoms. The quantitative estimate of drug-likeness (QED) is 0.0886. The van der Waals surface area contributed by atoms with Crippen molar-refractivity contribution in [2.75, 3.05) is 33.4 Å². The van der Waals surface area contributed by atoms with E-state index < -0.39 is 12.9 Å².